The van der Waals surface area contributed by atoms with E-state index < -0.39 is 0 Å². The van der Waals surface area contributed by atoms with E-state index in [9.17, 15) is 0 Å². The van der Waals surface area contributed by atoms with Gasteiger partial charge in [0.05, 0.1) is 16.8 Å². The summed E-state index contributed by atoms with van der Waals surface area (Å²) in [4.78, 5) is 17.0. The second-order valence-electron chi connectivity index (χ2n) is 3.71. The summed E-state index contributed by atoms with van der Waals surface area (Å²) in [7, 11) is 1.63. The van der Waals surface area contributed by atoms with Crippen molar-refractivity contribution in [2.24, 2.45) is 0 Å². The molecule has 0 aliphatic heterocycles. The lowest BCUT2D eigenvalue weighted by Crippen LogP contribution is -2.07. The summed E-state index contributed by atoms with van der Waals surface area (Å²) in [5.74, 6) is 1.28. The van der Waals surface area contributed by atoms with Gasteiger partial charge in [-0.25, -0.2) is 19.9 Å². The van der Waals surface area contributed by atoms with Crippen molar-refractivity contribution in [1.82, 2.24) is 19.9 Å². The Morgan fingerprint density at radius 3 is 2.84 bits per heavy atom. The predicted molar refractivity (Wildman–Crippen MR) is 75.6 cm³/mol. The molecule has 0 unspecified atom stereocenters. The van der Waals surface area contributed by atoms with E-state index in [1.54, 1.807) is 19.4 Å². The summed E-state index contributed by atoms with van der Waals surface area (Å²) in [5, 5.41) is 3.19. The molecule has 0 bridgehead atoms. The van der Waals surface area contributed by atoms with Crippen LogP contribution in [0.5, 0.6) is 0 Å². The molecular weight excluding hydrogens is 310 g/mol. The van der Waals surface area contributed by atoms with Crippen molar-refractivity contribution in [2.45, 2.75) is 13.5 Å². The Morgan fingerprint density at radius 2 is 2.21 bits per heavy atom. The Hall–Kier alpha value is -1.60. The van der Waals surface area contributed by atoms with Crippen LogP contribution in [0.3, 0.4) is 0 Å². The van der Waals surface area contributed by atoms with Crippen molar-refractivity contribution in [3.05, 3.63) is 28.8 Å². The third-order valence-corrected chi connectivity index (χ3v) is 3.19. The number of halogens is 1. The number of hydrogen-bond acceptors (Lipinski definition) is 6. The van der Waals surface area contributed by atoms with Crippen LogP contribution in [0.4, 0.5) is 5.82 Å². The molecule has 0 saturated carbocycles. The van der Waals surface area contributed by atoms with Gasteiger partial charge in [-0.05, 0) is 28.9 Å². The van der Waals surface area contributed by atoms with E-state index in [0.717, 1.165) is 22.5 Å². The van der Waals surface area contributed by atoms with Crippen molar-refractivity contribution < 1.29 is 4.74 Å². The number of ether oxygens (including phenoxy) is 1. The molecule has 0 spiro atoms. The van der Waals surface area contributed by atoms with Crippen LogP contribution in [-0.4, -0.2) is 33.6 Å². The first kappa shape index (κ1) is 13.8. The first-order valence-corrected chi connectivity index (χ1v) is 6.61. The number of rotatable bonds is 5. The molecule has 0 amide bonds. The fourth-order valence-electron chi connectivity index (χ4n) is 1.55. The van der Waals surface area contributed by atoms with E-state index >= 15 is 0 Å². The van der Waals surface area contributed by atoms with Crippen molar-refractivity contribution in [3.63, 3.8) is 0 Å². The zero-order chi connectivity index (χ0) is 13.7. The molecule has 6 nitrogen and oxygen atoms in total. The minimum absolute atomic E-state index is 0.402. The summed E-state index contributed by atoms with van der Waals surface area (Å²) in [6, 6.07) is 1.77. The highest BCUT2D eigenvalue weighted by atomic mass is 79.9. The normalized spacial score (nSPS) is 10.5. The Kier molecular flexibility index (Phi) is 4.75. The smallest absolute Gasteiger partial charge is 0.180 e. The molecule has 0 aliphatic carbocycles. The molecule has 0 atom stereocenters. The molecule has 19 heavy (non-hydrogen) atoms. The van der Waals surface area contributed by atoms with Crippen LogP contribution in [0.25, 0.3) is 11.5 Å². The van der Waals surface area contributed by atoms with Crippen LogP contribution < -0.4 is 5.32 Å². The molecule has 1 N–H and O–H groups in total. The second kappa shape index (κ2) is 6.53. The van der Waals surface area contributed by atoms with Crippen molar-refractivity contribution >= 4 is 21.7 Å². The summed E-state index contributed by atoms with van der Waals surface area (Å²) < 4.78 is 5.97. The first-order chi connectivity index (χ1) is 9.26. The lowest BCUT2D eigenvalue weighted by atomic mass is 10.3. The number of hydrogen-bond donors (Lipinski definition) is 1. The Morgan fingerprint density at radius 1 is 1.37 bits per heavy atom. The van der Waals surface area contributed by atoms with Crippen molar-refractivity contribution in [3.8, 4) is 11.5 Å². The number of nitrogens with one attached hydrogen (secondary N) is 1. The Labute approximate surface area is 119 Å². The van der Waals surface area contributed by atoms with Crippen LogP contribution in [0.15, 0.2) is 23.1 Å². The van der Waals surface area contributed by atoms with E-state index in [0.29, 0.717) is 18.1 Å². The fraction of sp³-hybridized carbons (Fsp3) is 0.333. The minimum atomic E-state index is 0.402. The van der Waals surface area contributed by atoms with Gasteiger partial charge in [0.15, 0.2) is 5.82 Å². The monoisotopic (exact) mass is 323 g/mol. The molecule has 2 aromatic heterocycles. The molecular formula is C12H14BrN5O. The third kappa shape index (κ3) is 3.24. The van der Waals surface area contributed by atoms with Gasteiger partial charge in [0.25, 0.3) is 0 Å². The zero-order valence-corrected chi connectivity index (χ0v) is 12.3. The Balaban J connectivity index is 2.49. The van der Waals surface area contributed by atoms with Crippen LogP contribution >= 0.6 is 15.9 Å². The summed E-state index contributed by atoms with van der Waals surface area (Å²) in [6.07, 6.45) is 3.14. The van der Waals surface area contributed by atoms with E-state index in [4.69, 9.17) is 4.74 Å². The van der Waals surface area contributed by atoms with E-state index in [1.165, 1.54) is 6.33 Å². The molecule has 7 heteroatoms. The summed E-state index contributed by atoms with van der Waals surface area (Å²) in [6.45, 7) is 3.18. The van der Waals surface area contributed by atoms with Gasteiger partial charge in [0.2, 0.25) is 0 Å². The maximum atomic E-state index is 5.15. The van der Waals surface area contributed by atoms with Crippen molar-refractivity contribution in [1.29, 1.82) is 0 Å². The SMILES string of the molecule is CCNc1nc(-c2ccncn2)nc(COC)c1Br. The van der Waals surface area contributed by atoms with Gasteiger partial charge in [0.1, 0.15) is 17.8 Å². The minimum Gasteiger partial charge on any atom is -0.378 e. The number of nitrogens with zero attached hydrogens (tertiary/aromatic N) is 4. The van der Waals surface area contributed by atoms with Gasteiger partial charge < -0.3 is 10.1 Å². The van der Waals surface area contributed by atoms with Crippen LogP contribution in [0.2, 0.25) is 0 Å². The molecule has 0 aliphatic rings. The second-order valence-corrected chi connectivity index (χ2v) is 4.51. The van der Waals surface area contributed by atoms with Crippen LogP contribution in [0, 0.1) is 0 Å². The van der Waals surface area contributed by atoms with E-state index in [-0.39, 0.29) is 0 Å². The molecule has 2 rings (SSSR count). The lowest BCUT2D eigenvalue weighted by molar-refractivity contribution is 0.181. The molecule has 100 valence electrons. The molecule has 2 heterocycles. The number of methoxy groups -OCH3 is 1. The Bertz CT molecular complexity index is 522. The molecule has 0 fully saturated rings. The first-order valence-electron chi connectivity index (χ1n) is 5.81. The lowest BCUT2D eigenvalue weighted by Gasteiger charge is -2.11. The standard InChI is InChI=1S/C12H14BrN5O/c1-3-15-12-10(13)9(6-19-2)17-11(18-12)8-4-5-14-7-16-8/h4-5,7H,3,6H2,1-2H3,(H,15,17,18). The molecule has 0 radical (unpaired) electrons. The highest BCUT2D eigenvalue weighted by Gasteiger charge is 2.13. The fourth-order valence-corrected chi connectivity index (χ4v) is 1.98. The van der Waals surface area contributed by atoms with Gasteiger partial charge in [-0.15, -0.1) is 0 Å². The van der Waals surface area contributed by atoms with Crippen LogP contribution in [-0.2, 0) is 11.3 Å². The molecule has 0 saturated heterocycles. The summed E-state index contributed by atoms with van der Waals surface area (Å²) >= 11 is 3.49. The summed E-state index contributed by atoms with van der Waals surface area (Å²) in [5.41, 5.74) is 1.46. The zero-order valence-electron chi connectivity index (χ0n) is 10.7. The highest BCUT2D eigenvalue weighted by molar-refractivity contribution is 9.10. The largest absolute Gasteiger partial charge is 0.378 e. The van der Waals surface area contributed by atoms with Gasteiger partial charge in [-0.1, -0.05) is 0 Å². The average Bonchev–Trinajstić information content (AvgIpc) is 2.44. The number of aromatic nitrogens is 4. The van der Waals surface area contributed by atoms with Gasteiger partial charge in [-0.2, -0.15) is 0 Å². The maximum Gasteiger partial charge on any atom is 0.180 e. The molecule has 2 aromatic rings. The van der Waals surface area contributed by atoms with Crippen molar-refractivity contribution in [2.75, 3.05) is 19.0 Å². The van der Waals surface area contributed by atoms with Crippen LogP contribution in [0.1, 0.15) is 12.6 Å². The highest BCUT2D eigenvalue weighted by Crippen LogP contribution is 2.26. The average molecular weight is 324 g/mol. The van der Waals surface area contributed by atoms with Gasteiger partial charge in [-0.3, -0.25) is 0 Å². The quantitative estimate of drug-likeness (QED) is 0.910. The predicted octanol–water partition coefficient (Wildman–Crippen LogP) is 2.27. The number of anilines is 1. The maximum absolute atomic E-state index is 5.15. The van der Waals surface area contributed by atoms with E-state index in [1.807, 2.05) is 6.92 Å². The third-order valence-electron chi connectivity index (χ3n) is 2.36. The van der Waals surface area contributed by atoms with Gasteiger partial charge in [0, 0.05) is 19.9 Å². The topological polar surface area (TPSA) is 72.8 Å². The molecule has 0 aromatic carbocycles. The van der Waals surface area contributed by atoms with E-state index in [2.05, 4.69) is 41.2 Å². The van der Waals surface area contributed by atoms with Gasteiger partial charge >= 0.3 is 0 Å².